The number of anilines is 1. The molecular formula is C27H20IN3O4S. The Balaban J connectivity index is 1.40. The lowest BCUT2D eigenvalue weighted by Gasteiger charge is -2.12. The van der Waals surface area contributed by atoms with Crippen LogP contribution in [-0.4, -0.2) is 28.5 Å². The summed E-state index contributed by atoms with van der Waals surface area (Å²) in [6, 6.07) is 22.0. The molecule has 1 N–H and O–H groups in total. The van der Waals surface area contributed by atoms with E-state index in [1.54, 1.807) is 42.5 Å². The van der Waals surface area contributed by atoms with E-state index in [-0.39, 0.29) is 18.1 Å². The van der Waals surface area contributed by atoms with Crippen molar-refractivity contribution in [3.63, 3.8) is 0 Å². The monoisotopic (exact) mass is 609 g/mol. The minimum absolute atomic E-state index is 0.246. The van der Waals surface area contributed by atoms with E-state index < -0.39 is 17.1 Å². The van der Waals surface area contributed by atoms with Crippen LogP contribution < -0.4 is 10.1 Å². The number of imide groups is 1. The largest absolute Gasteiger partial charge is 0.488 e. The molecule has 0 aromatic heterocycles. The highest BCUT2D eigenvalue weighted by Gasteiger charge is 2.36. The normalized spacial score (nSPS) is 14.1. The van der Waals surface area contributed by atoms with Crippen molar-refractivity contribution in [1.29, 1.82) is 5.26 Å². The van der Waals surface area contributed by atoms with Gasteiger partial charge in [-0.3, -0.25) is 19.3 Å². The molecular weight excluding hydrogens is 589 g/mol. The van der Waals surface area contributed by atoms with Crippen molar-refractivity contribution < 1.29 is 19.1 Å². The van der Waals surface area contributed by atoms with Gasteiger partial charge in [-0.25, -0.2) is 0 Å². The molecule has 0 bridgehead atoms. The van der Waals surface area contributed by atoms with Crippen LogP contribution >= 0.6 is 34.4 Å². The maximum absolute atomic E-state index is 12.8. The van der Waals surface area contributed by atoms with Crippen molar-refractivity contribution >= 4 is 63.2 Å². The molecule has 3 aromatic carbocycles. The number of carbonyl (C=O) groups is 3. The summed E-state index contributed by atoms with van der Waals surface area (Å²) in [5.74, 6) is -0.315. The number of nitrogens with zero attached hydrogens (tertiary/aromatic N) is 2. The van der Waals surface area contributed by atoms with Gasteiger partial charge in [-0.2, -0.15) is 5.26 Å². The second kappa shape index (κ2) is 11.4. The summed E-state index contributed by atoms with van der Waals surface area (Å²) in [5.41, 5.74) is 3.73. The zero-order chi connectivity index (χ0) is 25.7. The molecule has 3 amide bonds. The summed E-state index contributed by atoms with van der Waals surface area (Å²) in [6.07, 6.45) is 1.62. The lowest BCUT2D eigenvalue weighted by Crippen LogP contribution is -2.36. The first-order chi connectivity index (χ1) is 17.3. The van der Waals surface area contributed by atoms with E-state index in [1.165, 1.54) is 0 Å². The maximum Gasteiger partial charge on any atom is 0.294 e. The van der Waals surface area contributed by atoms with Gasteiger partial charge in [0.05, 0.1) is 20.1 Å². The van der Waals surface area contributed by atoms with Gasteiger partial charge in [0.15, 0.2) is 0 Å². The number of aryl methyl sites for hydroxylation is 1. The second-order valence-corrected chi connectivity index (χ2v) is 10.1. The molecule has 1 saturated heterocycles. The van der Waals surface area contributed by atoms with Gasteiger partial charge in [-0.15, -0.1) is 0 Å². The van der Waals surface area contributed by atoms with Crippen molar-refractivity contribution in [3.05, 3.63) is 97.5 Å². The fraction of sp³-hybridized carbons (Fsp3) is 0.111. The van der Waals surface area contributed by atoms with Crippen molar-refractivity contribution in [2.75, 3.05) is 11.9 Å². The molecule has 1 heterocycles. The number of amides is 3. The van der Waals surface area contributed by atoms with Gasteiger partial charge >= 0.3 is 0 Å². The number of ether oxygens (including phenoxy) is 1. The molecule has 1 fully saturated rings. The lowest BCUT2D eigenvalue weighted by molar-refractivity contribution is -0.127. The summed E-state index contributed by atoms with van der Waals surface area (Å²) in [5, 5.41) is 11.4. The Hall–Kier alpha value is -3.62. The number of benzene rings is 3. The van der Waals surface area contributed by atoms with Gasteiger partial charge in [0.1, 0.15) is 18.9 Å². The van der Waals surface area contributed by atoms with Gasteiger partial charge in [0, 0.05) is 11.3 Å². The van der Waals surface area contributed by atoms with Crippen LogP contribution in [0.4, 0.5) is 10.5 Å². The second-order valence-electron chi connectivity index (χ2n) is 7.93. The predicted molar refractivity (Wildman–Crippen MR) is 147 cm³/mol. The first kappa shape index (κ1) is 25.5. The first-order valence-corrected chi connectivity index (χ1v) is 12.8. The van der Waals surface area contributed by atoms with Gasteiger partial charge in [0.25, 0.3) is 11.1 Å². The summed E-state index contributed by atoms with van der Waals surface area (Å²) >= 11 is 2.94. The number of rotatable bonds is 7. The van der Waals surface area contributed by atoms with Crippen LogP contribution in [0.1, 0.15) is 22.3 Å². The molecule has 3 aromatic rings. The quantitative estimate of drug-likeness (QED) is 0.272. The Labute approximate surface area is 226 Å². The number of halogens is 1. The molecule has 180 valence electrons. The molecule has 9 heteroatoms. The van der Waals surface area contributed by atoms with Crippen LogP contribution in [0.5, 0.6) is 5.75 Å². The summed E-state index contributed by atoms with van der Waals surface area (Å²) in [7, 11) is 0. The van der Waals surface area contributed by atoms with E-state index in [2.05, 4.69) is 34.0 Å². The number of carbonyl (C=O) groups excluding carboxylic acids is 3. The number of hydrogen-bond acceptors (Lipinski definition) is 6. The molecule has 0 atom stereocenters. The van der Waals surface area contributed by atoms with Crippen LogP contribution in [0.2, 0.25) is 0 Å². The van der Waals surface area contributed by atoms with E-state index in [1.807, 2.05) is 37.3 Å². The Bertz CT molecular complexity index is 1410. The van der Waals surface area contributed by atoms with Crippen molar-refractivity contribution in [3.8, 4) is 11.8 Å². The molecule has 0 aliphatic carbocycles. The average molecular weight is 609 g/mol. The highest BCUT2D eigenvalue weighted by molar-refractivity contribution is 14.1. The number of thioether (sulfide) groups is 1. The zero-order valence-corrected chi connectivity index (χ0v) is 22.1. The van der Waals surface area contributed by atoms with E-state index in [9.17, 15) is 19.6 Å². The molecule has 4 rings (SSSR count). The van der Waals surface area contributed by atoms with Crippen LogP contribution in [0.25, 0.3) is 6.08 Å². The van der Waals surface area contributed by atoms with Crippen molar-refractivity contribution in [1.82, 2.24) is 4.90 Å². The standard InChI is InChI=1S/C27H20IN3O4S/c1-17-6-9-21(10-7-17)30-25(32)15-31-26(33)24(36-27(31)34)13-18-8-11-23(22(28)12-18)35-16-20-5-3-2-4-19(20)14-29/h2-13H,15-16H2,1H3,(H,30,32)/b24-13+. The molecule has 0 saturated carbocycles. The lowest BCUT2D eigenvalue weighted by atomic mass is 10.1. The Kier molecular flexibility index (Phi) is 8.07. The zero-order valence-electron chi connectivity index (χ0n) is 19.2. The maximum atomic E-state index is 12.8. The van der Waals surface area contributed by atoms with E-state index in [0.29, 0.717) is 17.0 Å². The molecule has 36 heavy (non-hydrogen) atoms. The number of nitriles is 1. The Morgan fingerprint density at radius 3 is 2.61 bits per heavy atom. The minimum atomic E-state index is -0.507. The highest BCUT2D eigenvalue weighted by atomic mass is 127. The topological polar surface area (TPSA) is 99.5 Å². The van der Waals surface area contributed by atoms with Crippen LogP contribution in [-0.2, 0) is 16.2 Å². The fourth-order valence-corrected chi connectivity index (χ4v) is 4.94. The van der Waals surface area contributed by atoms with Crippen LogP contribution in [0.15, 0.2) is 71.6 Å². The molecule has 1 aliphatic rings. The SMILES string of the molecule is Cc1ccc(NC(=O)CN2C(=O)S/C(=C/c3ccc(OCc4ccccc4C#N)c(I)c3)C2=O)cc1. The third kappa shape index (κ3) is 6.13. The highest BCUT2D eigenvalue weighted by Crippen LogP contribution is 2.33. The summed E-state index contributed by atoms with van der Waals surface area (Å²) in [6.45, 7) is 1.84. The smallest absolute Gasteiger partial charge is 0.294 e. The summed E-state index contributed by atoms with van der Waals surface area (Å²) < 4.78 is 6.70. The van der Waals surface area contributed by atoms with Crippen LogP contribution in [0, 0.1) is 21.8 Å². The van der Waals surface area contributed by atoms with Crippen molar-refractivity contribution in [2.24, 2.45) is 0 Å². The van der Waals surface area contributed by atoms with Gasteiger partial charge in [-0.05, 0) is 83.2 Å². The molecule has 0 unspecified atom stereocenters. The average Bonchev–Trinajstić information content (AvgIpc) is 3.12. The van der Waals surface area contributed by atoms with E-state index in [4.69, 9.17) is 4.74 Å². The number of hydrogen-bond donors (Lipinski definition) is 1. The summed E-state index contributed by atoms with van der Waals surface area (Å²) in [4.78, 5) is 38.8. The first-order valence-electron chi connectivity index (χ1n) is 10.9. The third-order valence-corrected chi connectivity index (χ3v) is 7.04. The van der Waals surface area contributed by atoms with E-state index >= 15 is 0 Å². The van der Waals surface area contributed by atoms with Crippen molar-refractivity contribution in [2.45, 2.75) is 13.5 Å². The third-order valence-electron chi connectivity index (χ3n) is 5.29. The van der Waals surface area contributed by atoms with Gasteiger partial charge < -0.3 is 10.1 Å². The fourth-order valence-electron chi connectivity index (χ4n) is 3.40. The molecule has 1 aliphatic heterocycles. The van der Waals surface area contributed by atoms with Gasteiger partial charge in [-0.1, -0.05) is 42.0 Å². The molecule has 0 spiro atoms. The minimum Gasteiger partial charge on any atom is -0.488 e. The van der Waals surface area contributed by atoms with Crippen LogP contribution in [0.3, 0.4) is 0 Å². The molecule has 0 radical (unpaired) electrons. The Morgan fingerprint density at radius 1 is 1.14 bits per heavy atom. The molecule has 7 nitrogen and oxygen atoms in total. The number of nitrogens with one attached hydrogen (secondary N) is 1. The van der Waals surface area contributed by atoms with Gasteiger partial charge in [0.2, 0.25) is 5.91 Å². The Morgan fingerprint density at radius 2 is 1.89 bits per heavy atom. The van der Waals surface area contributed by atoms with E-state index in [0.717, 1.165) is 36.9 Å². The predicted octanol–water partition coefficient (Wildman–Crippen LogP) is 5.73.